The molecule has 1 N–H and O–H groups in total. The lowest BCUT2D eigenvalue weighted by molar-refractivity contribution is 0.354. The van der Waals surface area contributed by atoms with Crippen molar-refractivity contribution in [3.8, 4) is 11.5 Å². The summed E-state index contributed by atoms with van der Waals surface area (Å²) in [4.78, 5) is 12.6. The van der Waals surface area contributed by atoms with Gasteiger partial charge in [0, 0.05) is 28.5 Å². The third kappa shape index (κ3) is 5.14. The smallest absolute Gasteiger partial charge is 0.297 e. The van der Waals surface area contributed by atoms with Crippen LogP contribution in [-0.2, 0) is 12.8 Å². The van der Waals surface area contributed by atoms with Gasteiger partial charge in [-0.05, 0) is 35.9 Å². The number of hydrogen-bond donors (Lipinski definition) is 1. The van der Waals surface area contributed by atoms with E-state index in [-0.39, 0.29) is 11.4 Å². The van der Waals surface area contributed by atoms with E-state index >= 15 is 0 Å². The van der Waals surface area contributed by atoms with Gasteiger partial charge >= 0.3 is 0 Å². The number of anilines is 2. The van der Waals surface area contributed by atoms with Gasteiger partial charge in [0.05, 0.1) is 14.2 Å². The van der Waals surface area contributed by atoms with Gasteiger partial charge in [0.25, 0.3) is 5.56 Å². The van der Waals surface area contributed by atoms with Crippen molar-refractivity contribution in [2.24, 2.45) is 7.05 Å². The van der Waals surface area contributed by atoms with E-state index < -0.39 is 0 Å². The van der Waals surface area contributed by atoms with Crippen molar-refractivity contribution in [3.63, 3.8) is 0 Å². The van der Waals surface area contributed by atoms with Crippen molar-refractivity contribution in [1.29, 1.82) is 0 Å². The Morgan fingerprint density at radius 2 is 1.72 bits per heavy atom. The molecule has 0 radical (unpaired) electrons. The highest BCUT2D eigenvalue weighted by molar-refractivity contribution is 7.98. The number of rotatable bonds is 7. The summed E-state index contributed by atoms with van der Waals surface area (Å²) in [5, 5.41) is 12.5. The molecule has 0 fully saturated rings. The van der Waals surface area contributed by atoms with E-state index in [0.717, 1.165) is 5.56 Å². The fourth-order valence-electron chi connectivity index (χ4n) is 2.53. The molecule has 152 valence electrons. The molecule has 3 aromatic rings. The molecule has 0 bridgehead atoms. The molecular weight excluding hydrogens is 435 g/mol. The average molecular weight is 453 g/mol. The Bertz CT molecular complexity index is 1070. The summed E-state index contributed by atoms with van der Waals surface area (Å²) in [5.41, 5.74) is 1.24. The summed E-state index contributed by atoms with van der Waals surface area (Å²) in [6.07, 6.45) is 0. The zero-order chi connectivity index (χ0) is 21.0. The normalized spacial score (nSPS) is 10.7. The molecule has 29 heavy (non-hydrogen) atoms. The molecule has 1 aromatic heterocycles. The molecule has 0 saturated carbocycles. The minimum atomic E-state index is -0.314. The van der Waals surface area contributed by atoms with Crippen LogP contribution >= 0.6 is 35.0 Å². The molecule has 10 heteroatoms. The van der Waals surface area contributed by atoms with Gasteiger partial charge in [-0.1, -0.05) is 41.0 Å². The van der Waals surface area contributed by atoms with Gasteiger partial charge in [0.1, 0.15) is 0 Å². The molecule has 0 unspecified atom stereocenters. The largest absolute Gasteiger partial charge is 0.493 e. The summed E-state index contributed by atoms with van der Waals surface area (Å²) >= 11 is 13.4. The molecule has 2 aromatic carbocycles. The molecule has 0 atom stereocenters. The van der Waals surface area contributed by atoms with Gasteiger partial charge < -0.3 is 14.8 Å². The van der Waals surface area contributed by atoms with Crippen LogP contribution in [0.4, 0.5) is 11.5 Å². The predicted molar refractivity (Wildman–Crippen MR) is 116 cm³/mol. The third-order valence-corrected chi connectivity index (χ3v) is 5.50. The van der Waals surface area contributed by atoms with Crippen molar-refractivity contribution in [2.45, 2.75) is 10.9 Å². The SMILES string of the molecule is COc1ccc(CSc2nnc(Nc3cc(Cl)cc(Cl)c3)c(=O)n2C)cc1OC. The molecule has 1 heterocycles. The highest BCUT2D eigenvalue weighted by Gasteiger charge is 2.12. The minimum absolute atomic E-state index is 0.0845. The molecule has 0 aliphatic heterocycles. The number of nitrogens with one attached hydrogen (secondary N) is 1. The van der Waals surface area contributed by atoms with Gasteiger partial charge in [0.2, 0.25) is 5.82 Å². The second kappa shape index (κ2) is 9.39. The highest BCUT2D eigenvalue weighted by Crippen LogP contribution is 2.30. The standard InChI is InChI=1S/C19H18Cl2N4O3S/c1-25-18(26)17(22-14-8-12(20)7-13(21)9-14)23-24-19(25)29-10-11-4-5-15(27-2)16(6-11)28-3/h4-9H,10H2,1-3H3,(H,22,23). The molecule has 0 spiro atoms. The van der Waals surface area contributed by atoms with Crippen LogP contribution in [0.3, 0.4) is 0 Å². The van der Waals surface area contributed by atoms with Gasteiger partial charge in [-0.3, -0.25) is 9.36 Å². The molecule has 7 nitrogen and oxygen atoms in total. The number of hydrogen-bond acceptors (Lipinski definition) is 7. The van der Waals surface area contributed by atoms with Gasteiger partial charge in [0.15, 0.2) is 16.7 Å². The molecule has 0 amide bonds. The van der Waals surface area contributed by atoms with Gasteiger partial charge in [-0.25, -0.2) is 0 Å². The average Bonchev–Trinajstić information content (AvgIpc) is 2.70. The van der Waals surface area contributed by atoms with E-state index in [0.29, 0.717) is 38.1 Å². The van der Waals surface area contributed by atoms with Gasteiger partial charge in [-0.15, -0.1) is 10.2 Å². The number of aromatic nitrogens is 3. The molecule has 0 saturated heterocycles. The van der Waals surface area contributed by atoms with E-state index in [1.807, 2.05) is 18.2 Å². The van der Waals surface area contributed by atoms with Crippen LogP contribution in [0, 0.1) is 0 Å². The van der Waals surface area contributed by atoms with E-state index in [4.69, 9.17) is 32.7 Å². The first-order valence-electron chi connectivity index (χ1n) is 8.41. The van der Waals surface area contributed by atoms with E-state index in [9.17, 15) is 4.79 Å². The van der Waals surface area contributed by atoms with E-state index in [1.165, 1.54) is 16.3 Å². The highest BCUT2D eigenvalue weighted by atomic mass is 35.5. The quantitative estimate of drug-likeness (QED) is 0.527. The number of nitrogens with zero attached hydrogens (tertiary/aromatic N) is 3. The Morgan fingerprint density at radius 1 is 1.03 bits per heavy atom. The van der Waals surface area contributed by atoms with Crippen LogP contribution < -0.4 is 20.3 Å². The first-order valence-corrected chi connectivity index (χ1v) is 10.2. The second-order valence-electron chi connectivity index (χ2n) is 5.96. The lowest BCUT2D eigenvalue weighted by Crippen LogP contribution is -2.24. The minimum Gasteiger partial charge on any atom is -0.493 e. The summed E-state index contributed by atoms with van der Waals surface area (Å²) in [7, 11) is 4.82. The summed E-state index contributed by atoms with van der Waals surface area (Å²) < 4.78 is 12.0. The Labute approximate surface area is 182 Å². The van der Waals surface area contributed by atoms with Crippen LogP contribution in [0.25, 0.3) is 0 Å². The molecule has 0 aliphatic rings. The monoisotopic (exact) mass is 452 g/mol. The third-order valence-electron chi connectivity index (χ3n) is 3.97. The maximum Gasteiger partial charge on any atom is 0.297 e. The lowest BCUT2D eigenvalue weighted by atomic mass is 10.2. The fourth-order valence-corrected chi connectivity index (χ4v) is 3.91. The first kappa shape index (κ1) is 21.3. The Kier molecular flexibility index (Phi) is 6.89. The van der Waals surface area contributed by atoms with Crippen LogP contribution in [0.5, 0.6) is 11.5 Å². The zero-order valence-corrected chi connectivity index (χ0v) is 18.2. The van der Waals surface area contributed by atoms with E-state index in [2.05, 4.69) is 15.5 Å². The van der Waals surface area contributed by atoms with Crippen molar-refractivity contribution in [1.82, 2.24) is 14.8 Å². The van der Waals surface area contributed by atoms with E-state index in [1.54, 1.807) is 39.5 Å². The van der Waals surface area contributed by atoms with Gasteiger partial charge in [-0.2, -0.15) is 0 Å². The second-order valence-corrected chi connectivity index (χ2v) is 7.77. The zero-order valence-electron chi connectivity index (χ0n) is 15.9. The number of methoxy groups -OCH3 is 2. The predicted octanol–water partition coefficient (Wildman–Crippen LogP) is 4.54. The number of thioether (sulfide) groups is 1. The summed E-state index contributed by atoms with van der Waals surface area (Å²) in [6, 6.07) is 10.5. The number of benzene rings is 2. The van der Waals surface area contributed by atoms with Crippen molar-refractivity contribution in [3.05, 3.63) is 62.4 Å². The van der Waals surface area contributed by atoms with Crippen molar-refractivity contribution < 1.29 is 9.47 Å². The Morgan fingerprint density at radius 3 is 2.38 bits per heavy atom. The maximum absolute atomic E-state index is 12.6. The molecule has 0 aliphatic carbocycles. The Hall–Kier alpha value is -2.42. The Balaban J connectivity index is 1.76. The lowest BCUT2D eigenvalue weighted by Gasteiger charge is -2.11. The van der Waals surface area contributed by atoms with Crippen LogP contribution in [0.2, 0.25) is 10.0 Å². The molecule has 3 rings (SSSR count). The van der Waals surface area contributed by atoms with Crippen molar-refractivity contribution >= 4 is 46.5 Å². The van der Waals surface area contributed by atoms with Crippen molar-refractivity contribution in [2.75, 3.05) is 19.5 Å². The summed E-state index contributed by atoms with van der Waals surface area (Å²) in [5.74, 6) is 1.97. The maximum atomic E-state index is 12.6. The first-order chi connectivity index (χ1) is 13.9. The molecular formula is C19H18Cl2N4O3S. The number of ether oxygens (including phenoxy) is 2. The van der Waals surface area contributed by atoms with Crippen LogP contribution in [-0.4, -0.2) is 29.0 Å². The summed E-state index contributed by atoms with van der Waals surface area (Å²) in [6.45, 7) is 0. The number of halogens is 2. The van der Waals surface area contributed by atoms with Crippen LogP contribution in [0.15, 0.2) is 46.3 Å². The fraction of sp³-hybridized carbons (Fsp3) is 0.211. The van der Waals surface area contributed by atoms with Crippen LogP contribution in [0.1, 0.15) is 5.56 Å². The topological polar surface area (TPSA) is 78.3 Å².